The van der Waals surface area contributed by atoms with E-state index in [2.05, 4.69) is 25.7 Å². The van der Waals surface area contributed by atoms with Gasteiger partial charge in [0.1, 0.15) is 0 Å². The number of likely N-dealkylation sites (tertiary alicyclic amines) is 1. The van der Waals surface area contributed by atoms with E-state index in [1.165, 1.54) is 38.6 Å². The van der Waals surface area contributed by atoms with Crippen molar-refractivity contribution in [2.45, 2.75) is 64.5 Å². The molecule has 1 fully saturated rings. The number of rotatable bonds is 5. The molecule has 2 heteroatoms. The number of hydrogen-bond acceptors (Lipinski definition) is 2. The maximum absolute atomic E-state index is 5.87. The maximum Gasteiger partial charge on any atom is 0.0223 e. The van der Waals surface area contributed by atoms with Gasteiger partial charge in [-0.25, -0.2) is 0 Å². The summed E-state index contributed by atoms with van der Waals surface area (Å²) in [6.07, 6.45) is 6.54. The Kier molecular flexibility index (Phi) is 4.39. The van der Waals surface area contributed by atoms with Gasteiger partial charge in [-0.05, 0) is 39.7 Å². The lowest BCUT2D eigenvalue weighted by Gasteiger charge is -2.38. The highest BCUT2D eigenvalue weighted by atomic mass is 15.2. The minimum atomic E-state index is 0.387. The highest BCUT2D eigenvalue weighted by Crippen LogP contribution is 2.31. The Morgan fingerprint density at radius 3 is 2.57 bits per heavy atom. The number of nitrogens with zero attached hydrogens (tertiary/aromatic N) is 1. The summed E-state index contributed by atoms with van der Waals surface area (Å²) in [5.74, 6) is 0. The van der Waals surface area contributed by atoms with Gasteiger partial charge >= 0.3 is 0 Å². The molecule has 0 aliphatic carbocycles. The molecule has 1 aliphatic heterocycles. The Morgan fingerprint density at radius 1 is 1.43 bits per heavy atom. The van der Waals surface area contributed by atoms with Gasteiger partial charge in [-0.1, -0.05) is 19.8 Å². The molecule has 1 rings (SSSR count). The Morgan fingerprint density at radius 2 is 2.14 bits per heavy atom. The molecule has 0 radical (unpaired) electrons. The van der Waals surface area contributed by atoms with Crippen LogP contribution in [0, 0.1) is 0 Å². The lowest BCUT2D eigenvalue weighted by Crippen LogP contribution is -2.48. The number of nitrogens with two attached hydrogens (primary N) is 1. The molecule has 0 aromatic carbocycles. The van der Waals surface area contributed by atoms with Crippen molar-refractivity contribution >= 4 is 0 Å². The first-order valence-electron chi connectivity index (χ1n) is 6.08. The van der Waals surface area contributed by atoms with Gasteiger partial charge in [0.2, 0.25) is 0 Å². The topological polar surface area (TPSA) is 29.3 Å². The Balaban J connectivity index is 2.50. The van der Waals surface area contributed by atoms with E-state index in [4.69, 9.17) is 5.73 Å². The van der Waals surface area contributed by atoms with Crippen LogP contribution in [-0.4, -0.2) is 29.6 Å². The zero-order valence-corrected chi connectivity index (χ0v) is 10.1. The summed E-state index contributed by atoms with van der Waals surface area (Å²) in [4.78, 5) is 2.63. The van der Waals surface area contributed by atoms with Crippen molar-refractivity contribution in [1.82, 2.24) is 4.90 Å². The van der Waals surface area contributed by atoms with Crippen molar-refractivity contribution in [2.75, 3.05) is 13.1 Å². The van der Waals surface area contributed by atoms with Gasteiger partial charge in [0.15, 0.2) is 0 Å². The SMILES string of the molecule is CCCCC(CN)N1CCCC1(C)C. The molecule has 1 saturated heterocycles. The van der Waals surface area contributed by atoms with Crippen molar-refractivity contribution in [3.8, 4) is 0 Å². The fourth-order valence-corrected chi connectivity index (χ4v) is 2.65. The predicted octanol–water partition coefficient (Wildman–Crippen LogP) is 2.38. The summed E-state index contributed by atoms with van der Waals surface area (Å²) in [5.41, 5.74) is 6.26. The summed E-state index contributed by atoms with van der Waals surface area (Å²) in [7, 11) is 0. The summed E-state index contributed by atoms with van der Waals surface area (Å²) in [6.45, 7) is 9.04. The summed E-state index contributed by atoms with van der Waals surface area (Å²) < 4.78 is 0. The molecule has 1 atom stereocenters. The fraction of sp³-hybridized carbons (Fsp3) is 1.00. The molecule has 0 spiro atoms. The van der Waals surface area contributed by atoms with Crippen molar-refractivity contribution in [1.29, 1.82) is 0 Å². The highest BCUT2D eigenvalue weighted by molar-refractivity contribution is 4.92. The van der Waals surface area contributed by atoms with Crippen LogP contribution in [0.5, 0.6) is 0 Å². The predicted molar refractivity (Wildman–Crippen MR) is 62.4 cm³/mol. The molecule has 2 N–H and O–H groups in total. The van der Waals surface area contributed by atoms with Crippen LogP contribution >= 0.6 is 0 Å². The van der Waals surface area contributed by atoms with Crippen LogP contribution in [-0.2, 0) is 0 Å². The van der Waals surface area contributed by atoms with Gasteiger partial charge in [0, 0.05) is 18.1 Å². The smallest absolute Gasteiger partial charge is 0.0223 e. The molecule has 1 aliphatic rings. The van der Waals surface area contributed by atoms with Crippen LogP contribution in [0.2, 0.25) is 0 Å². The summed E-state index contributed by atoms with van der Waals surface area (Å²) in [6, 6.07) is 0.618. The van der Waals surface area contributed by atoms with Crippen molar-refractivity contribution in [3.63, 3.8) is 0 Å². The second-order valence-electron chi connectivity index (χ2n) is 5.14. The third-order valence-corrected chi connectivity index (χ3v) is 3.57. The van der Waals surface area contributed by atoms with E-state index >= 15 is 0 Å². The molecule has 0 aromatic rings. The largest absolute Gasteiger partial charge is 0.329 e. The molecular formula is C12H26N2. The average Bonchev–Trinajstić information content (AvgIpc) is 2.48. The first-order chi connectivity index (χ1) is 6.61. The molecule has 2 nitrogen and oxygen atoms in total. The minimum Gasteiger partial charge on any atom is -0.329 e. The molecule has 0 amide bonds. The van der Waals surface area contributed by atoms with Crippen molar-refractivity contribution in [3.05, 3.63) is 0 Å². The van der Waals surface area contributed by atoms with E-state index < -0.39 is 0 Å². The van der Waals surface area contributed by atoms with E-state index in [-0.39, 0.29) is 0 Å². The zero-order valence-electron chi connectivity index (χ0n) is 10.1. The molecular weight excluding hydrogens is 172 g/mol. The number of hydrogen-bond donors (Lipinski definition) is 1. The van der Waals surface area contributed by atoms with Crippen LogP contribution in [0.15, 0.2) is 0 Å². The molecule has 0 bridgehead atoms. The molecule has 84 valence electrons. The summed E-state index contributed by atoms with van der Waals surface area (Å²) in [5, 5.41) is 0. The number of unbranched alkanes of at least 4 members (excludes halogenated alkanes) is 1. The van der Waals surface area contributed by atoms with E-state index in [1.54, 1.807) is 0 Å². The van der Waals surface area contributed by atoms with Crippen molar-refractivity contribution in [2.24, 2.45) is 5.73 Å². The van der Waals surface area contributed by atoms with Gasteiger partial charge in [-0.15, -0.1) is 0 Å². The second-order valence-corrected chi connectivity index (χ2v) is 5.14. The fourth-order valence-electron chi connectivity index (χ4n) is 2.65. The molecule has 1 unspecified atom stereocenters. The van der Waals surface area contributed by atoms with Gasteiger partial charge in [-0.3, -0.25) is 4.90 Å². The first kappa shape index (κ1) is 12.0. The average molecular weight is 198 g/mol. The molecule has 0 saturated carbocycles. The van der Waals surface area contributed by atoms with Gasteiger partial charge in [0.05, 0.1) is 0 Å². The van der Waals surface area contributed by atoms with Gasteiger partial charge < -0.3 is 5.73 Å². The van der Waals surface area contributed by atoms with E-state index in [9.17, 15) is 0 Å². The lowest BCUT2D eigenvalue weighted by molar-refractivity contribution is 0.111. The standard InChI is InChI=1S/C12H26N2/c1-4-5-7-11(10-13)14-9-6-8-12(14,2)3/h11H,4-10,13H2,1-3H3. The van der Waals surface area contributed by atoms with Crippen LogP contribution in [0.1, 0.15) is 52.9 Å². The third kappa shape index (κ3) is 2.71. The highest BCUT2D eigenvalue weighted by Gasteiger charge is 2.35. The molecule has 14 heavy (non-hydrogen) atoms. The minimum absolute atomic E-state index is 0.387. The normalized spacial score (nSPS) is 24.0. The third-order valence-electron chi connectivity index (χ3n) is 3.57. The zero-order chi connectivity index (χ0) is 10.6. The van der Waals surface area contributed by atoms with E-state index in [0.717, 1.165) is 6.54 Å². The van der Waals surface area contributed by atoms with Crippen LogP contribution in [0.4, 0.5) is 0 Å². The Labute approximate surface area is 88.8 Å². The van der Waals surface area contributed by atoms with E-state index in [1.807, 2.05) is 0 Å². The summed E-state index contributed by atoms with van der Waals surface area (Å²) >= 11 is 0. The maximum atomic E-state index is 5.87. The van der Waals surface area contributed by atoms with Crippen LogP contribution in [0.25, 0.3) is 0 Å². The van der Waals surface area contributed by atoms with Crippen LogP contribution < -0.4 is 5.73 Å². The first-order valence-corrected chi connectivity index (χ1v) is 6.08. The van der Waals surface area contributed by atoms with Crippen LogP contribution in [0.3, 0.4) is 0 Å². The lowest BCUT2D eigenvalue weighted by atomic mass is 9.98. The Hall–Kier alpha value is -0.0800. The molecule has 0 aromatic heterocycles. The Bertz CT molecular complexity index is 166. The monoisotopic (exact) mass is 198 g/mol. The van der Waals surface area contributed by atoms with Crippen molar-refractivity contribution < 1.29 is 0 Å². The van der Waals surface area contributed by atoms with Gasteiger partial charge in [-0.2, -0.15) is 0 Å². The molecule has 1 heterocycles. The van der Waals surface area contributed by atoms with E-state index in [0.29, 0.717) is 11.6 Å². The quantitative estimate of drug-likeness (QED) is 0.735. The van der Waals surface area contributed by atoms with Gasteiger partial charge in [0.25, 0.3) is 0 Å². The second kappa shape index (κ2) is 5.13.